The third-order valence-electron chi connectivity index (χ3n) is 3.59. The fraction of sp³-hybridized carbons (Fsp3) is 0.846. The minimum Gasteiger partial charge on any atom is -0.356 e. The van der Waals surface area contributed by atoms with Crippen molar-refractivity contribution in [2.75, 3.05) is 26.2 Å². The molecule has 5 nitrogen and oxygen atoms in total. The lowest BCUT2D eigenvalue weighted by molar-refractivity contribution is -0.142. The third kappa shape index (κ3) is 3.45. The lowest BCUT2D eigenvalue weighted by Gasteiger charge is -2.36. The molecule has 1 rings (SSSR count). The molecule has 1 aliphatic rings. The number of piperidine rings is 1. The zero-order valence-corrected chi connectivity index (χ0v) is 11.7. The van der Waals surface area contributed by atoms with E-state index in [9.17, 15) is 9.59 Å². The van der Waals surface area contributed by atoms with Crippen LogP contribution in [0.15, 0.2) is 0 Å². The fourth-order valence-electron chi connectivity index (χ4n) is 2.18. The minimum absolute atomic E-state index is 0.0509. The Morgan fingerprint density at radius 3 is 2.33 bits per heavy atom. The molecule has 1 aliphatic heterocycles. The Hall–Kier alpha value is -1.10. The Kier molecular flexibility index (Phi) is 5.14. The van der Waals surface area contributed by atoms with Crippen LogP contribution in [0.25, 0.3) is 0 Å². The highest BCUT2D eigenvalue weighted by Crippen LogP contribution is 2.23. The number of hydrogen-bond acceptors (Lipinski definition) is 3. The summed E-state index contributed by atoms with van der Waals surface area (Å²) >= 11 is 0. The Morgan fingerprint density at radius 1 is 1.33 bits per heavy atom. The van der Waals surface area contributed by atoms with Crippen molar-refractivity contribution in [3.05, 3.63) is 0 Å². The van der Waals surface area contributed by atoms with Gasteiger partial charge in [0.1, 0.15) is 0 Å². The van der Waals surface area contributed by atoms with Gasteiger partial charge in [-0.2, -0.15) is 0 Å². The highest BCUT2D eigenvalue weighted by atomic mass is 16.2. The number of nitrogens with two attached hydrogens (primary N) is 1. The summed E-state index contributed by atoms with van der Waals surface area (Å²) < 4.78 is 0. The second kappa shape index (κ2) is 6.18. The van der Waals surface area contributed by atoms with Gasteiger partial charge >= 0.3 is 0 Å². The summed E-state index contributed by atoms with van der Waals surface area (Å²) in [5.41, 5.74) is 5.12. The van der Waals surface area contributed by atoms with E-state index in [-0.39, 0.29) is 17.7 Å². The average Bonchev–Trinajstić information content (AvgIpc) is 2.38. The van der Waals surface area contributed by atoms with Crippen LogP contribution in [-0.2, 0) is 9.59 Å². The maximum Gasteiger partial charge on any atom is 0.229 e. The number of nitrogens with one attached hydrogen (secondary N) is 1. The number of rotatable bonds is 4. The molecule has 0 atom stereocenters. The average molecular weight is 255 g/mol. The van der Waals surface area contributed by atoms with E-state index in [4.69, 9.17) is 5.73 Å². The summed E-state index contributed by atoms with van der Waals surface area (Å²) in [5, 5.41) is 2.84. The molecule has 0 spiro atoms. The molecule has 5 heteroatoms. The van der Waals surface area contributed by atoms with Gasteiger partial charge in [0.2, 0.25) is 11.8 Å². The van der Waals surface area contributed by atoms with Crippen LogP contribution in [0, 0.1) is 11.3 Å². The number of likely N-dealkylation sites (tertiary alicyclic amines) is 1. The number of hydrogen-bond donors (Lipinski definition) is 2. The molecule has 0 bridgehead atoms. The molecule has 0 unspecified atom stereocenters. The maximum absolute atomic E-state index is 12.2. The van der Waals surface area contributed by atoms with E-state index in [0.29, 0.717) is 26.2 Å². The molecule has 1 heterocycles. The molecule has 2 amide bonds. The smallest absolute Gasteiger partial charge is 0.229 e. The first-order valence-corrected chi connectivity index (χ1v) is 6.69. The molecular weight excluding hydrogens is 230 g/mol. The number of nitrogens with zero attached hydrogens (tertiary/aromatic N) is 1. The van der Waals surface area contributed by atoms with Gasteiger partial charge < -0.3 is 16.0 Å². The van der Waals surface area contributed by atoms with Crippen LogP contribution < -0.4 is 11.1 Å². The molecule has 0 aromatic heterocycles. The highest BCUT2D eigenvalue weighted by molar-refractivity contribution is 5.83. The normalized spacial score (nSPS) is 17.7. The van der Waals surface area contributed by atoms with Gasteiger partial charge in [-0.3, -0.25) is 9.59 Å². The van der Waals surface area contributed by atoms with Gasteiger partial charge in [-0.05, 0) is 33.6 Å². The number of carbonyl (C=O) groups is 2. The Bertz CT molecular complexity index is 307. The van der Waals surface area contributed by atoms with Crippen molar-refractivity contribution >= 4 is 11.8 Å². The lowest BCUT2D eigenvalue weighted by atomic mass is 9.89. The number of carbonyl (C=O) groups excluding carboxylic acids is 2. The summed E-state index contributed by atoms with van der Waals surface area (Å²) in [7, 11) is 0. The van der Waals surface area contributed by atoms with Gasteiger partial charge in [-0.15, -0.1) is 0 Å². The van der Waals surface area contributed by atoms with Gasteiger partial charge in [0.25, 0.3) is 0 Å². The predicted molar refractivity (Wildman–Crippen MR) is 70.8 cm³/mol. The summed E-state index contributed by atoms with van der Waals surface area (Å²) in [4.78, 5) is 25.7. The van der Waals surface area contributed by atoms with Crippen molar-refractivity contribution in [3.8, 4) is 0 Å². The predicted octanol–water partition coefficient (Wildman–Crippen LogP) is 0.346. The summed E-state index contributed by atoms with van der Waals surface area (Å²) in [6, 6.07) is 0. The molecule has 3 N–H and O–H groups in total. The Labute approximate surface area is 109 Å². The summed E-state index contributed by atoms with van der Waals surface area (Å²) in [6.07, 6.45) is 1.50. The maximum atomic E-state index is 12.2. The van der Waals surface area contributed by atoms with Crippen LogP contribution in [0.4, 0.5) is 0 Å². The first-order chi connectivity index (χ1) is 8.42. The highest BCUT2D eigenvalue weighted by Gasteiger charge is 2.34. The first kappa shape index (κ1) is 15.0. The van der Waals surface area contributed by atoms with Crippen molar-refractivity contribution in [3.63, 3.8) is 0 Å². The molecule has 18 heavy (non-hydrogen) atoms. The van der Waals surface area contributed by atoms with Crippen LogP contribution in [0.1, 0.15) is 33.6 Å². The van der Waals surface area contributed by atoms with Crippen LogP contribution in [0.3, 0.4) is 0 Å². The third-order valence-corrected chi connectivity index (χ3v) is 3.59. The van der Waals surface area contributed by atoms with E-state index < -0.39 is 5.41 Å². The van der Waals surface area contributed by atoms with Gasteiger partial charge in [0, 0.05) is 32.1 Å². The molecule has 104 valence electrons. The fourth-order valence-corrected chi connectivity index (χ4v) is 2.18. The Balaban J connectivity index is 2.49. The molecule has 0 aromatic rings. The van der Waals surface area contributed by atoms with Gasteiger partial charge in [-0.1, -0.05) is 0 Å². The van der Waals surface area contributed by atoms with Gasteiger partial charge in [-0.25, -0.2) is 0 Å². The monoisotopic (exact) mass is 255 g/mol. The van der Waals surface area contributed by atoms with Crippen LogP contribution in [0.2, 0.25) is 0 Å². The molecule has 1 saturated heterocycles. The van der Waals surface area contributed by atoms with E-state index >= 15 is 0 Å². The van der Waals surface area contributed by atoms with Crippen molar-refractivity contribution in [1.82, 2.24) is 10.2 Å². The lowest BCUT2D eigenvalue weighted by Crippen LogP contribution is -2.49. The van der Waals surface area contributed by atoms with Crippen molar-refractivity contribution in [2.24, 2.45) is 17.1 Å². The quantitative estimate of drug-likeness (QED) is 0.761. The second-order valence-electron chi connectivity index (χ2n) is 5.55. The minimum atomic E-state index is -0.501. The summed E-state index contributed by atoms with van der Waals surface area (Å²) in [5.74, 6) is 0.261. The standard InChI is InChI=1S/C13H25N3O2/c1-4-15-11(17)10-5-7-16(8-6-10)12(18)13(2,3)9-14/h10H,4-9,14H2,1-3H3,(H,15,17). The van der Waals surface area contributed by atoms with Crippen molar-refractivity contribution < 1.29 is 9.59 Å². The molecule has 0 saturated carbocycles. The summed E-state index contributed by atoms with van der Waals surface area (Å²) in [6.45, 7) is 7.98. The van der Waals surface area contributed by atoms with E-state index in [1.807, 2.05) is 25.7 Å². The molecule has 1 fully saturated rings. The SMILES string of the molecule is CCNC(=O)C1CCN(C(=O)C(C)(C)CN)CC1. The second-order valence-corrected chi connectivity index (χ2v) is 5.55. The first-order valence-electron chi connectivity index (χ1n) is 6.69. The van der Waals surface area contributed by atoms with Crippen molar-refractivity contribution in [1.29, 1.82) is 0 Å². The van der Waals surface area contributed by atoms with E-state index in [2.05, 4.69) is 5.32 Å². The van der Waals surface area contributed by atoms with Gasteiger partial charge in [0.05, 0.1) is 5.41 Å². The van der Waals surface area contributed by atoms with Crippen LogP contribution >= 0.6 is 0 Å². The van der Waals surface area contributed by atoms with Crippen molar-refractivity contribution in [2.45, 2.75) is 33.6 Å². The molecular formula is C13H25N3O2. The zero-order chi connectivity index (χ0) is 13.8. The van der Waals surface area contributed by atoms with E-state index in [0.717, 1.165) is 12.8 Å². The number of amides is 2. The zero-order valence-electron chi connectivity index (χ0n) is 11.7. The molecule has 0 aliphatic carbocycles. The van der Waals surface area contributed by atoms with E-state index in [1.54, 1.807) is 0 Å². The van der Waals surface area contributed by atoms with Crippen LogP contribution in [0.5, 0.6) is 0 Å². The molecule has 0 radical (unpaired) electrons. The van der Waals surface area contributed by atoms with Gasteiger partial charge in [0.15, 0.2) is 0 Å². The molecule has 0 aromatic carbocycles. The largest absolute Gasteiger partial charge is 0.356 e. The Morgan fingerprint density at radius 2 is 1.89 bits per heavy atom. The van der Waals surface area contributed by atoms with Crippen LogP contribution in [-0.4, -0.2) is 42.9 Å². The van der Waals surface area contributed by atoms with E-state index in [1.165, 1.54) is 0 Å². The topological polar surface area (TPSA) is 75.4 Å².